The largest absolute Gasteiger partial charge is 0.490 e. The normalized spacial score (nSPS) is 17.8. The number of likely N-dealkylation sites (N-methyl/N-ethyl adjacent to an activating group) is 1. The van der Waals surface area contributed by atoms with E-state index in [0.29, 0.717) is 26.1 Å². The van der Waals surface area contributed by atoms with Gasteiger partial charge in [-0.1, -0.05) is 6.07 Å². The second-order valence-corrected chi connectivity index (χ2v) is 9.63. The maximum Gasteiger partial charge on any atom is 0.387 e. The van der Waals surface area contributed by atoms with E-state index in [4.69, 9.17) is 9.47 Å². The number of methoxy groups -OCH3 is 1. The van der Waals surface area contributed by atoms with Crippen molar-refractivity contribution in [3.05, 3.63) is 23.8 Å². The number of rotatable bonds is 12. The van der Waals surface area contributed by atoms with Crippen molar-refractivity contribution in [3.8, 4) is 11.5 Å². The molecule has 31 heavy (non-hydrogen) atoms. The molecule has 1 amide bonds. The van der Waals surface area contributed by atoms with Crippen LogP contribution in [0.25, 0.3) is 0 Å². The minimum absolute atomic E-state index is 0.0323. The zero-order chi connectivity index (χ0) is 23.0. The Labute approximate surface area is 182 Å². The second kappa shape index (κ2) is 11.6. The molecule has 1 saturated heterocycles. The van der Waals surface area contributed by atoms with Crippen molar-refractivity contribution in [2.24, 2.45) is 0 Å². The fraction of sp³-hybridized carbons (Fsp3) is 0.650. The molecule has 8 nitrogen and oxygen atoms in total. The van der Waals surface area contributed by atoms with Gasteiger partial charge >= 0.3 is 6.61 Å². The van der Waals surface area contributed by atoms with Crippen LogP contribution in [0.1, 0.15) is 18.9 Å². The Morgan fingerprint density at radius 3 is 2.61 bits per heavy atom. The van der Waals surface area contributed by atoms with Gasteiger partial charge in [0.05, 0.1) is 31.3 Å². The van der Waals surface area contributed by atoms with Gasteiger partial charge in [0.15, 0.2) is 21.3 Å². The molecule has 0 spiro atoms. The summed E-state index contributed by atoms with van der Waals surface area (Å²) < 4.78 is 63.7. The van der Waals surface area contributed by atoms with Crippen LogP contribution in [-0.4, -0.2) is 88.7 Å². The SMILES string of the molecule is CCOc1cc(CN(C)CC(=O)N(CCOC)C2CCS(=O)(=O)C2)ccc1OC(F)F. The van der Waals surface area contributed by atoms with Crippen LogP contribution in [0.15, 0.2) is 18.2 Å². The number of halogens is 2. The molecule has 0 N–H and O–H groups in total. The van der Waals surface area contributed by atoms with E-state index in [9.17, 15) is 22.0 Å². The summed E-state index contributed by atoms with van der Waals surface area (Å²) in [5, 5.41) is 0. The Kier molecular flexibility index (Phi) is 9.45. The van der Waals surface area contributed by atoms with Gasteiger partial charge in [-0.3, -0.25) is 9.69 Å². The first kappa shape index (κ1) is 25.3. The first-order valence-corrected chi connectivity index (χ1v) is 11.8. The number of carbonyl (C=O) groups is 1. The lowest BCUT2D eigenvalue weighted by Crippen LogP contribution is -2.47. The summed E-state index contributed by atoms with van der Waals surface area (Å²) >= 11 is 0. The van der Waals surface area contributed by atoms with Gasteiger partial charge in [-0.2, -0.15) is 8.78 Å². The number of carbonyl (C=O) groups excluding carboxylic acids is 1. The molecule has 1 aliphatic rings. The number of ether oxygens (including phenoxy) is 3. The number of amides is 1. The standard InChI is InChI=1S/C20H30F2N2O6S/c1-4-29-18-11-15(5-6-17(18)30-20(21)22)12-23(2)13-19(25)24(8-9-28-3)16-7-10-31(26,27)14-16/h5-6,11,16,20H,4,7-10,12-14H2,1-3H3. The molecule has 0 aliphatic carbocycles. The highest BCUT2D eigenvalue weighted by atomic mass is 32.2. The van der Waals surface area contributed by atoms with Gasteiger partial charge < -0.3 is 19.1 Å². The smallest absolute Gasteiger partial charge is 0.387 e. The van der Waals surface area contributed by atoms with Gasteiger partial charge in [-0.25, -0.2) is 8.42 Å². The van der Waals surface area contributed by atoms with E-state index < -0.39 is 16.4 Å². The molecule has 1 fully saturated rings. The van der Waals surface area contributed by atoms with Crippen LogP contribution in [0.4, 0.5) is 8.78 Å². The van der Waals surface area contributed by atoms with E-state index in [2.05, 4.69) is 4.74 Å². The molecule has 1 heterocycles. The summed E-state index contributed by atoms with van der Waals surface area (Å²) in [6, 6.07) is 4.30. The van der Waals surface area contributed by atoms with E-state index >= 15 is 0 Å². The average molecular weight is 465 g/mol. The van der Waals surface area contributed by atoms with E-state index in [0.717, 1.165) is 5.56 Å². The van der Waals surface area contributed by atoms with Crippen LogP contribution < -0.4 is 9.47 Å². The van der Waals surface area contributed by atoms with Crippen molar-refractivity contribution in [1.82, 2.24) is 9.80 Å². The molecule has 0 bridgehead atoms. The highest BCUT2D eigenvalue weighted by Crippen LogP contribution is 2.30. The average Bonchev–Trinajstić information content (AvgIpc) is 3.03. The first-order valence-electron chi connectivity index (χ1n) is 10.0. The molecule has 1 aromatic rings. The van der Waals surface area contributed by atoms with E-state index in [-0.39, 0.29) is 48.1 Å². The minimum Gasteiger partial charge on any atom is -0.490 e. The Morgan fingerprint density at radius 1 is 1.29 bits per heavy atom. The molecule has 1 aromatic carbocycles. The molecule has 1 unspecified atom stereocenters. The zero-order valence-corrected chi connectivity index (χ0v) is 18.9. The topological polar surface area (TPSA) is 85.4 Å². The van der Waals surface area contributed by atoms with E-state index in [1.807, 2.05) is 0 Å². The fourth-order valence-corrected chi connectivity index (χ4v) is 5.25. The molecule has 0 aromatic heterocycles. The van der Waals surface area contributed by atoms with Crippen LogP contribution in [0, 0.1) is 0 Å². The molecule has 1 aliphatic heterocycles. The number of nitrogens with zero attached hydrogens (tertiary/aromatic N) is 2. The molecule has 1 atom stereocenters. The van der Waals surface area contributed by atoms with Gasteiger partial charge in [0.1, 0.15) is 0 Å². The van der Waals surface area contributed by atoms with Crippen molar-refractivity contribution < 1.29 is 36.2 Å². The predicted octanol–water partition coefficient (Wildman–Crippen LogP) is 1.78. The Bertz CT molecular complexity index is 837. The third kappa shape index (κ3) is 7.89. The number of benzene rings is 1. The van der Waals surface area contributed by atoms with Crippen molar-refractivity contribution in [2.45, 2.75) is 32.5 Å². The Morgan fingerprint density at radius 2 is 2.03 bits per heavy atom. The summed E-state index contributed by atoms with van der Waals surface area (Å²) in [4.78, 5) is 16.2. The quantitative estimate of drug-likeness (QED) is 0.466. The summed E-state index contributed by atoms with van der Waals surface area (Å²) in [5.74, 6) is 0.0160. The number of hydrogen-bond donors (Lipinski definition) is 0. The lowest BCUT2D eigenvalue weighted by molar-refractivity contribution is -0.134. The monoisotopic (exact) mass is 464 g/mol. The van der Waals surface area contributed by atoms with Gasteiger partial charge in [-0.15, -0.1) is 0 Å². The van der Waals surface area contributed by atoms with Crippen LogP contribution in [0.3, 0.4) is 0 Å². The van der Waals surface area contributed by atoms with Crippen molar-refractivity contribution in [1.29, 1.82) is 0 Å². The van der Waals surface area contributed by atoms with Crippen LogP contribution in [-0.2, 0) is 25.9 Å². The van der Waals surface area contributed by atoms with Crippen molar-refractivity contribution >= 4 is 15.7 Å². The highest BCUT2D eigenvalue weighted by Gasteiger charge is 2.34. The summed E-state index contributed by atoms with van der Waals surface area (Å²) in [5.41, 5.74) is 0.757. The highest BCUT2D eigenvalue weighted by molar-refractivity contribution is 7.91. The van der Waals surface area contributed by atoms with Crippen LogP contribution >= 0.6 is 0 Å². The van der Waals surface area contributed by atoms with Crippen molar-refractivity contribution in [3.63, 3.8) is 0 Å². The van der Waals surface area contributed by atoms with Gasteiger partial charge in [0.2, 0.25) is 5.91 Å². The van der Waals surface area contributed by atoms with Gasteiger partial charge in [0.25, 0.3) is 0 Å². The second-order valence-electron chi connectivity index (χ2n) is 7.40. The third-order valence-corrected chi connectivity index (χ3v) is 6.64. The maximum absolute atomic E-state index is 12.9. The summed E-state index contributed by atoms with van der Waals surface area (Å²) in [7, 11) is 0.150. The van der Waals surface area contributed by atoms with E-state index in [1.165, 1.54) is 13.2 Å². The summed E-state index contributed by atoms with van der Waals surface area (Å²) in [6.07, 6.45) is 0.421. The first-order chi connectivity index (χ1) is 14.6. The molecular weight excluding hydrogens is 434 g/mol. The van der Waals surface area contributed by atoms with Crippen LogP contribution in [0.2, 0.25) is 0 Å². The number of alkyl halides is 2. The van der Waals surface area contributed by atoms with Gasteiger partial charge in [0, 0.05) is 26.2 Å². The fourth-order valence-electron chi connectivity index (χ4n) is 3.52. The molecule has 0 saturated carbocycles. The third-order valence-electron chi connectivity index (χ3n) is 4.89. The van der Waals surface area contributed by atoms with Crippen LogP contribution in [0.5, 0.6) is 11.5 Å². The van der Waals surface area contributed by atoms with Crippen molar-refractivity contribution in [2.75, 3.05) is 52.0 Å². The molecule has 11 heteroatoms. The molecule has 0 radical (unpaired) electrons. The summed E-state index contributed by atoms with van der Waals surface area (Å²) in [6.45, 7) is 0.133. The lowest BCUT2D eigenvalue weighted by Gasteiger charge is -2.30. The minimum atomic E-state index is -3.13. The lowest BCUT2D eigenvalue weighted by atomic mass is 10.2. The molecule has 176 valence electrons. The van der Waals surface area contributed by atoms with E-state index in [1.54, 1.807) is 35.9 Å². The Hall–Kier alpha value is -1.98. The predicted molar refractivity (Wildman–Crippen MR) is 111 cm³/mol. The molecular formula is C20H30F2N2O6S. The zero-order valence-electron chi connectivity index (χ0n) is 18.1. The molecule has 2 rings (SSSR count). The Balaban J connectivity index is 2.04. The number of hydrogen-bond acceptors (Lipinski definition) is 7. The maximum atomic E-state index is 12.9. The van der Waals surface area contributed by atoms with Gasteiger partial charge in [-0.05, 0) is 38.1 Å². The number of sulfone groups is 1.